The summed E-state index contributed by atoms with van der Waals surface area (Å²) in [6, 6.07) is 13.8. The standard InChI is InChI=1S/C32H41N5O4S.ClH/c1-20(2)13-26-19-41-29-17-28(30-21(3)9-7-10-22(30)4)33-32(34-29)35-42(39,40)27-12-8-11-24(16-27)31(38)37(26)25-14-23(15-25)18-36(5)6;/h7-12,16-17,20,23,25-26H,13-15,18-19H2,1-6H3,(H,33,34,35);1H/t23?,25?,26-;/m1./s1. The Labute approximate surface area is 261 Å². The van der Waals surface area contributed by atoms with E-state index in [-0.39, 0.29) is 53.7 Å². The summed E-state index contributed by atoms with van der Waals surface area (Å²) in [6.07, 6.45) is 2.53. The third-order valence-corrected chi connectivity index (χ3v) is 9.41. The molecule has 1 fully saturated rings. The van der Waals surface area contributed by atoms with Crippen molar-refractivity contribution in [2.75, 3.05) is 32.0 Å². The van der Waals surface area contributed by atoms with Crippen LogP contribution in [0.15, 0.2) is 53.4 Å². The normalized spacial score (nSPS) is 21.4. The zero-order valence-electron chi connectivity index (χ0n) is 25.7. The highest BCUT2D eigenvalue weighted by Crippen LogP contribution is 2.36. The average molecular weight is 628 g/mol. The number of rotatable bonds is 6. The van der Waals surface area contributed by atoms with Gasteiger partial charge in [0.2, 0.25) is 11.8 Å². The van der Waals surface area contributed by atoms with Gasteiger partial charge in [-0.05, 0) is 88.4 Å². The summed E-state index contributed by atoms with van der Waals surface area (Å²) in [5.41, 5.74) is 3.81. The molecule has 11 heteroatoms. The maximum absolute atomic E-state index is 14.2. The second-order valence-electron chi connectivity index (χ2n) is 12.4. The van der Waals surface area contributed by atoms with Crippen LogP contribution in [0.4, 0.5) is 5.95 Å². The summed E-state index contributed by atoms with van der Waals surface area (Å²) >= 11 is 0. The van der Waals surface area contributed by atoms with Crippen molar-refractivity contribution in [2.45, 2.75) is 63.9 Å². The van der Waals surface area contributed by atoms with Crippen molar-refractivity contribution in [1.29, 1.82) is 0 Å². The van der Waals surface area contributed by atoms with Gasteiger partial charge in [0.1, 0.15) is 6.61 Å². The molecule has 0 unspecified atom stereocenters. The highest BCUT2D eigenvalue weighted by atomic mass is 35.5. The smallest absolute Gasteiger partial charge is 0.264 e. The molecule has 3 aromatic rings. The van der Waals surface area contributed by atoms with Gasteiger partial charge in [0.25, 0.3) is 15.9 Å². The first-order chi connectivity index (χ1) is 19.9. The number of hydrogen-bond acceptors (Lipinski definition) is 7. The number of aryl methyl sites for hydroxylation is 2. The van der Waals surface area contributed by atoms with Crippen LogP contribution in [0.25, 0.3) is 11.3 Å². The van der Waals surface area contributed by atoms with E-state index in [2.05, 4.69) is 47.5 Å². The van der Waals surface area contributed by atoms with Crippen LogP contribution in [0, 0.1) is 25.7 Å². The molecule has 0 saturated heterocycles. The number of anilines is 1. The summed E-state index contributed by atoms with van der Waals surface area (Å²) in [5, 5.41) is 0. The zero-order valence-corrected chi connectivity index (χ0v) is 27.3. The number of amides is 1. The molecule has 2 aliphatic rings. The molecule has 1 amide bonds. The topological polar surface area (TPSA) is 105 Å². The number of nitrogens with zero attached hydrogens (tertiary/aromatic N) is 4. The number of ether oxygens (including phenoxy) is 1. The number of nitrogens with one attached hydrogen (secondary N) is 1. The predicted octanol–water partition coefficient (Wildman–Crippen LogP) is 5.57. The molecule has 1 saturated carbocycles. The third-order valence-electron chi connectivity index (χ3n) is 8.08. The number of aromatic nitrogens is 2. The second kappa shape index (κ2) is 13.2. The number of hydrogen-bond donors (Lipinski definition) is 1. The first-order valence-electron chi connectivity index (χ1n) is 14.6. The van der Waals surface area contributed by atoms with E-state index in [0.717, 1.165) is 42.5 Å². The van der Waals surface area contributed by atoms with Crippen molar-refractivity contribution in [3.63, 3.8) is 0 Å². The molecule has 1 atom stereocenters. The van der Waals surface area contributed by atoms with E-state index >= 15 is 0 Å². The van der Waals surface area contributed by atoms with Crippen molar-refractivity contribution in [2.24, 2.45) is 11.8 Å². The first-order valence-corrected chi connectivity index (χ1v) is 16.1. The second-order valence-corrected chi connectivity index (χ2v) is 14.1. The van der Waals surface area contributed by atoms with E-state index in [1.807, 2.05) is 36.9 Å². The lowest BCUT2D eigenvalue weighted by molar-refractivity contribution is 0.0107. The van der Waals surface area contributed by atoms with Gasteiger partial charge in [0, 0.05) is 29.8 Å². The van der Waals surface area contributed by atoms with Crippen LogP contribution in [0.5, 0.6) is 5.88 Å². The monoisotopic (exact) mass is 627 g/mol. The van der Waals surface area contributed by atoms with Gasteiger partial charge in [-0.25, -0.2) is 18.1 Å². The molecular formula is C32H42ClN5O4S. The summed E-state index contributed by atoms with van der Waals surface area (Å²) in [6.45, 7) is 9.46. The zero-order chi connectivity index (χ0) is 30.2. The SMILES string of the molecule is Cc1cccc(C)c1-c1cc2nc(n1)NS(=O)(=O)c1cccc(c1)C(=O)N(C1CC(CN(C)C)C1)[C@H](CC(C)C)CO2.Cl. The molecule has 1 aromatic heterocycles. The van der Waals surface area contributed by atoms with Gasteiger partial charge < -0.3 is 14.5 Å². The van der Waals surface area contributed by atoms with E-state index in [9.17, 15) is 13.2 Å². The maximum atomic E-state index is 14.2. The molecule has 2 heterocycles. The minimum absolute atomic E-state index is 0. The lowest BCUT2D eigenvalue weighted by Gasteiger charge is -2.47. The molecule has 1 aliphatic carbocycles. The molecule has 1 aliphatic heterocycles. The number of sulfonamides is 1. The third kappa shape index (κ3) is 7.30. The minimum atomic E-state index is -4.09. The molecule has 0 spiro atoms. The quantitative estimate of drug-likeness (QED) is 0.381. The Kier molecular flexibility index (Phi) is 10.0. The van der Waals surface area contributed by atoms with Gasteiger partial charge in [-0.3, -0.25) is 4.79 Å². The number of benzene rings is 2. The Hall–Kier alpha value is -3.21. The predicted molar refractivity (Wildman–Crippen MR) is 171 cm³/mol. The maximum Gasteiger partial charge on any atom is 0.264 e. The van der Waals surface area contributed by atoms with Crippen LogP contribution in [0.1, 0.15) is 54.6 Å². The Morgan fingerprint density at radius 2 is 1.72 bits per heavy atom. The van der Waals surface area contributed by atoms with Crippen molar-refractivity contribution >= 4 is 34.3 Å². The molecule has 0 radical (unpaired) electrons. The molecule has 1 N–H and O–H groups in total. The van der Waals surface area contributed by atoms with Gasteiger partial charge in [-0.1, -0.05) is 38.1 Å². The fourth-order valence-corrected chi connectivity index (χ4v) is 7.22. The van der Waals surface area contributed by atoms with Crippen LogP contribution in [-0.4, -0.2) is 73.4 Å². The summed E-state index contributed by atoms with van der Waals surface area (Å²) < 4.78 is 36.0. The molecule has 232 valence electrons. The van der Waals surface area contributed by atoms with Crippen LogP contribution in [0.2, 0.25) is 0 Å². The Morgan fingerprint density at radius 1 is 1.05 bits per heavy atom. The molecule has 9 nitrogen and oxygen atoms in total. The van der Waals surface area contributed by atoms with E-state index in [1.165, 1.54) is 12.1 Å². The number of halogens is 1. The Bertz CT molecular complexity index is 1550. The van der Waals surface area contributed by atoms with Crippen LogP contribution in [0.3, 0.4) is 0 Å². The van der Waals surface area contributed by atoms with Crippen molar-refractivity contribution in [3.05, 3.63) is 65.2 Å². The number of fused-ring (bicyclic) bond motifs is 4. The summed E-state index contributed by atoms with van der Waals surface area (Å²) in [7, 11) is 0.0382. The van der Waals surface area contributed by atoms with Crippen molar-refractivity contribution in [1.82, 2.24) is 19.8 Å². The average Bonchev–Trinajstić information content (AvgIpc) is 2.89. The fraction of sp³-hybridized carbons (Fsp3) is 0.469. The van der Waals surface area contributed by atoms with Crippen LogP contribution in [-0.2, 0) is 10.0 Å². The van der Waals surface area contributed by atoms with Gasteiger partial charge in [-0.15, -0.1) is 12.4 Å². The lowest BCUT2D eigenvalue weighted by atomic mass is 9.77. The summed E-state index contributed by atoms with van der Waals surface area (Å²) in [5.74, 6) is 0.809. The highest BCUT2D eigenvalue weighted by molar-refractivity contribution is 7.92. The summed E-state index contributed by atoms with van der Waals surface area (Å²) in [4.78, 5) is 27.4. The number of carbonyl (C=O) groups is 1. The van der Waals surface area contributed by atoms with Crippen LogP contribution < -0.4 is 9.46 Å². The van der Waals surface area contributed by atoms with E-state index in [4.69, 9.17) is 4.74 Å². The van der Waals surface area contributed by atoms with Crippen molar-refractivity contribution in [3.8, 4) is 17.1 Å². The molecule has 2 aromatic carbocycles. The van der Waals surface area contributed by atoms with Gasteiger partial charge in [-0.2, -0.15) is 4.98 Å². The van der Waals surface area contributed by atoms with Crippen molar-refractivity contribution < 1.29 is 17.9 Å². The van der Waals surface area contributed by atoms with E-state index < -0.39 is 10.0 Å². The fourth-order valence-electron chi connectivity index (χ4n) is 6.23. The van der Waals surface area contributed by atoms with E-state index in [1.54, 1.807) is 18.2 Å². The van der Waals surface area contributed by atoms with Gasteiger partial charge in [0.15, 0.2) is 0 Å². The first kappa shape index (κ1) is 32.7. The largest absolute Gasteiger partial charge is 0.475 e. The molecule has 43 heavy (non-hydrogen) atoms. The lowest BCUT2D eigenvalue weighted by Crippen LogP contribution is -2.56. The highest BCUT2D eigenvalue weighted by Gasteiger charge is 2.40. The van der Waals surface area contributed by atoms with Gasteiger partial charge in [0.05, 0.1) is 16.6 Å². The minimum Gasteiger partial charge on any atom is -0.475 e. The molecule has 5 rings (SSSR count). The number of carbonyl (C=O) groups excluding carboxylic acids is 1. The van der Waals surface area contributed by atoms with Crippen LogP contribution >= 0.6 is 12.4 Å². The Balaban J connectivity index is 0.00000423. The van der Waals surface area contributed by atoms with Gasteiger partial charge >= 0.3 is 0 Å². The Morgan fingerprint density at radius 3 is 2.37 bits per heavy atom. The molecule has 4 bridgehead atoms. The van der Waals surface area contributed by atoms with E-state index in [0.29, 0.717) is 23.1 Å². The molecular weight excluding hydrogens is 586 g/mol.